The molecule has 4 rings (SSSR count). The topological polar surface area (TPSA) is 242 Å². The predicted octanol–water partition coefficient (Wildman–Crippen LogP) is -0.946. The second-order valence-corrected chi connectivity index (χ2v) is 10.6. The van der Waals surface area contributed by atoms with Gasteiger partial charge in [-0.3, -0.25) is 18.5 Å². The van der Waals surface area contributed by atoms with Crippen molar-refractivity contribution in [1.29, 1.82) is 0 Å². The molecular formula is C18H21N3O14P2. The highest BCUT2D eigenvalue weighted by Crippen LogP contribution is 2.57. The first kappa shape index (κ1) is 27.3. The van der Waals surface area contributed by atoms with Crippen LogP contribution in [0.3, 0.4) is 0 Å². The van der Waals surface area contributed by atoms with Crippen LogP contribution in [0.2, 0.25) is 0 Å². The maximum absolute atomic E-state index is 13.2. The van der Waals surface area contributed by atoms with Gasteiger partial charge in [0, 0.05) is 12.3 Å². The van der Waals surface area contributed by atoms with Crippen molar-refractivity contribution in [3.63, 3.8) is 0 Å². The van der Waals surface area contributed by atoms with Crippen LogP contribution >= 0.6 is 15.6 Å². The number of fused-ring (bicyclic) bond motifs is 1. The summed E-state index contributed by atoms with van der Waals surface area (Å²) in [7, 11) is -9.23. The Kier molecular flexibility index (Phi) is 7.56. The van der Waals surface area contributed by atoms with E-state index in [1.807, 2.05) is 0 Å². The highest BCUT2D eigenvalue weighted by Gasteiger charge is 2.46. The number of phosphoric acid groups is 2. The van der Waals surface area contributed by atoms with Gasteiger partial charge in [0.1, 0.15) is 29.8 Å². The Balaban J connectivity index is 1.59. The molecule has 0 amide bonds. The van der Waals surface area contributed by atoms with E-state index in [4.69, 9.17) is 23.8 Å². The molecule has 0 radical (unpaired) electrons. The van der Waals surface area contributed by atoms with Crippen molar-refractivity contribution in [2.24, 2.45) is 0 Å². The van der Waals surface area contributed by atoms with Gasteiger partial charge in [-0.2, -0.15) is 4.31 Å². The molecule has 202 valence electrons. The number of hydrogen-bond acceptors (Lipinski definition) is 12. The van der Waals surface area contributed by atoms with Crippen LogP contribution in [0.5, 0.6) is 5.75 Å². The number of rotatable bonds is 9. The van der Waals surface area contributed by atoms with Crippen molar-refractivity contribution in [3.05, 3.63) is 57.0 Å². The summed E-state index contributed by atoms with van der Waals surface area (Å²) in [6.45, 7) is -1.31. The molecular weight excluding hydrogens is 544 g/mol. The largest absolute Gasteiger partial charge is 0.496 e. The van der Waals surface area contributed by atoms with Crippen LogP contribution in [0.1, 0.15) is 11.9 Å². The van der Waals surface area contributed by atoms with Crippen LogP contribution in [0, 0.1) is 0 Å². The molecule has 1 fully saturated rings. The normalized spacial score (nSPS) is 23.8. The molecule has 19 heteroatoms. The van der Waals surface area contributed by atoms with E-state index in [0.717, 1.165) is 21.4 Å². The Morgan fingerprint density at radius 1 is 1.11 bits per heavy atom. The van der Waals surface area contributed by atoms with Crippen LogP contribution in [0.4, 0.5) is 0 Å². The van der Waals surface area contributed by atoms with Gasteiger partial charge in [-0.25, -0.2) is 13.9 Å². The van der Waals surface area contributed by atoms with E-state index in [0.29, 0.717) is 16.7 Å². The molecule has 0 spiro atoms. The Morgan fingerprint density at radius 2 is 1.84 bits per heavy atom. The number of nitrogens with zero attached hydrogens (tertiary/aromatic N) is 3. The standard InChI is InChI=1S/C18H21N3O14P2/c1-31-10-3-2-4-11-14(10)9(19-34-11)7-21-13(22)5-6-20(18(21)25)17-16(24)15(23)12(33-17)8-32-37(29,30)35-36(26,27)28/h2-6,12,15-17,23-24H,7-8H2,1H3,(H,29,30)(H2,26,27,28)/t12-,15?,16?,17-/m1/s1. The van der Waals surface area contributed by atoms with Crippen LogP contribution in [-0.2, 0) is 29.2 Å². The average Bonchev–Trinajstić information content (AvgIpc) is 3.35. The zero-order chi connectivity index (χ0) is 27.1. The highest BCUT2D eigenvalue weighted by atomic mass is 31.3. The number of aliphatic hydroxyl groups is 2. The minimum atomic E-state index is -5.39. The lowest BCUT2D eigenvalue weighted by Gasteiger charge is -2.19. The summed E-state index contributed by atoms with van der Waals surface area (Å²) in [4.78, 5) is 52.4. The summed E-state index contributed by atoms with van der Waals surface area (Å²) in [6.07, 6.45) is -5.63. The fraction of sp³-hybridized carbons (Fsp3) is 0.389. The van der Waals surface area contributed by atoms with Crippen molar-refractivity contribution in [2.75, 3.05) is 13.7 Å². The minimum Gasteiger partial charge on any atom is -0.496 e. The molecule has 1 aliphatic rings. The molecule has 1 aromatic carbocycles. The van der Waals surface area contributed by atoms with Gasteiger partial charge in [0.2, 0.25) is 0 Å². The van der Waals surface area contributed by atoms with E-state index in [1.54, 1.807) is 18.2 Å². The Hall–Kier alpha value is -2.69. The Morgan fingerprint density at radius 3 is 2.51 bits per heavy atom. The Bertz CT molecular complexity index is 1510. The lowest BCUT2D eigenvalue weighted by Crippen LogP contribution is -2.43. The van der Waals surface area contributed by atoms with Crippen molar-refractivity contribution >= 4 is 26.6 Å². The lowest BCUT2D eigenvalue weighted by molar-refractivity contribution is -0.0547. The molecule has 0 saturated carbocycles. The number of ether oxygens (including phenoxy) is 2. The number of hydrogen-bond donors (Lipinski definition) is 5. The number of aromatic nitrogens is 3. The van der Waals surface area contributed by atoms with E-state index in [-0.39, 0.29) is 12.2 Å². The zero-order valence-electron chi connectivity index (χ0n) is 18.8. The fourth-order valence-corrected chi connectivity index (χ4v) is 5.34. The van der Waals surface area contributed by atoms with Gasteiger partial charge in [-0.15, -0.1) is 0 Å². The molecule has 1 aliphatic heterocycles. The first-order valence-electron chi connectivity index (χ1n) is 10.3. The summed E-state index contributed by atoms with van der Waals surface area (Å²) in [6, 6.07) is 5.92. The highest BCUT2D eigenvalue weighted by molar-refractivity contribution is 7.60. The number of methoxy groups -OCH3 is 1. The third-order valence-corrected chi connectivity index (χ3v) is 7.53. The van der Waals surface area contributed by atoms with Gasteiger partial charge in [0.25, 0.3) is 5.56 Å². The second-order valence-electron chi connectivity index (χ2n) is 7.78. The smallest absolute Gasteiger partial charge is 0.481 e. The van der Waals surface area contributed by atoms with Crippen molar-refractivity contribution in [3.8, 4) is 5.75 Å². The average molecular weight is 565 g/mol. The lowest BCUT2D eigenvalue weighted by atomic mass is 10.1. The first-order chi connectivity index (χ1) is 17.3. The second kappa shape index (κ2) is 10.2. The molecule has 3 heterocycles. The summed E-state index contributed by atoms with van der Waals surface area (Å²) < 4.78 is 48.0. The molecule has 1 saturated heterocycles. The SMILES string of the molecule is COc1cccc2onc(Cn3c(=O)ccn([C@@H]4O[C@H](COP(=O)(O)OP(=O)(O)O)C(O)C4O)c3=O)c12. The molecule has 0 bridgehead atoms. The molecule has 17 nitrogen and oxygen atoms in total. The van der Waals surface area contributed by atoms with Gasteiger partial charge < -0.3 is 38.9 Å². The van der Waals surface area contributed by atoms with E-state index in [2.05, 4.69) is 14.0 Å². The van der Waals surface area contributed by atoms with Crippen LogP contribution in [0.25, 0.3) is 11.0 Å². The third kappa shape index (κ3) is 5.76. The van der Waals surface area contributed by atoms with Gasteiger partial charge >= 0.3 is 21.3 Å². The van der Waals surface area contributed by atoms with Gasteiger partial charge in [-0.05, 0) is 12.1 Å². The quantitative estimate of drug-likeness (QED) is 0.197. The molecule has 37 heavy (non-hydrogen) atoms. The zero-order valence-corrected chi connectivity index (χ0v) is 20.5. The predicted molar refractivity (Wildman–Crippen MR) is 119 cm³/mol. The third-order valence-electron chi connectivity index (χ3n) is 5.38. The first-order valence-corrected chi connectivity index (χ1v) is 13.3. The maximum Gasteiger partial charge on any atom is 0.481 e. The molecule has 5 N–H and O–H groups in total. The van der Waals surface area contributed by atoms with Crippen LogP contribution in [-0.4, -0.2) is 71.2 Å². The Labute approximate surface area is 205 Å². The summed E-state index contributed by atoms with van der Waals surface area (Å²) in [5, 5.41) is 25.1. The molecule has 0 aliphatic carbocycles. The molecule has 3 unspecified atom stereocenters. The van der Waals surface area contributed by atoms with E-state index in [9.17, 15) is 33.8 Å². The molecule has 3 aromatic rings. The number of benzene rings is 1. The van der Waals surface area contributed by atoms with Crippen molar-refractivity contribution in [1.82, 2.24) is 14.3 Å². The van der Waals surface area contributed by atoms with Gasteiger partial charge in [-0.1, -0.05) is 11.2 Å². The van der Waals surface area contributed by atoms with E-state index >= 15 is 0 Å². The van der Waals surface area contributed by atoms with Crippen LogP contribution in [0.15, 0.2) is 44.6 Å². The number of phosphoric ester groups is 1. The molecule has 2 aromatic heterocycles. The summed E-state index contributed by atoms with van der Waals surface area (Å²) >= 11 is 0. The summed E-state index contributed by atoms with van der Waals surface area (Å²) in [5.41, 5.74) is -1.14. The van der Waals surface area contributed by atoms with Crippen molar-refractivity contribution < 1.29 is 56.9 Å². The van der Waals surface area contributed by atoms with E-state index in [1.165, 1.54) is 7.11 Å². The van der Waals surface area contributed by atoms with E-state index < -0.39 is 58.0 Å². The fourth-order valence-electron chi connectivity index (χ4n) is 3.74. The van der Waals surface area contributed by atoms with Crippen LogP contribution < -0.4 is 16.0 Å². The summed E-state index contributed by atoms with van der Waals surface area (Å²) in [5.74, 6) is 0.391. The maximum atomic E-state index is 13.2. The number of aliphatic hydroxyl groups excluding tert-OH is 2. The monoisotopic (exact) mass is 565 g/mol. The van der Waals surface area contributed by atoms with Gasteiger partial charge in [0.15, 0.2) is 11.8 Å². The minimum absolute atomic E-state index is 0.201. The van der Waals surface area contributed by atoms with Gasteiger partial charge in [0.05, 0.1) is 25.6 Å². The molecule has 5 atom stereocenters. The van der Waals surface area contributed by atoms with Crippen molar-refractivity contribution in [2.45, 2.75) is 31.1 Å².